The lowest BCUT2D eigenvalue weighted by atomic mass is 10.3. The predicted octanol–water partition coefficient (Wildman–Crippen LogP) is 4.42. The van der Waals surface area contributed by atoms with Crippen LogP contribution in [0.25, 0.3) is 11.0 Å². The highest BCUT2D eigenvalue weighted by atomic mass is 79.9. The van der Waals surface area contributed by atoms with E-state index in [0.717, 1.165) is 22.1 Å². The minimum Gasteiger partial charge on any atom is -0.361 e. The predicted molar refractivity (Wildman–Crippen MR) is 86.3 cm³/mol. The average molecular weight is 341 g/mol. The number of ether oxygens (including phenoxy) is 1. The van der Waals surface area contributed by atoms with E-state index in [0.29, 0.717) is 6.73 Å². The topological polar surface area (TPSA) is 27.1 Å². The van der Waals surface area contributed by atoms with Gasteiger partial charge in [-0.1, -0.05) is 19.6 Å². The maximum atomic E-state index is 5.82. The normalized spacial score (nSPS) is 12.3. The second kappa shape index (κ2) is 5.77. The molecule has 5 heteroatoms. The van der Waals surface area contributed by atoms with Crippen molar-refractivity contribution in [2.75, 3.05) is 6.61 Å². The Hall–Kier alpha value is -0.653. The fourth-order valence-corrected chi connectivity index (χ4v) is 3.05. The van der Waals surface area contributed by atoms with Gasteiger partial charge in [-0.3, -0.25) is 0 Å². The van der Waals surface area contributed by atoms with Gasteiger partial charge >= 0.3 is 0 Å². The van der Waals surface area contributed by atoms with Gasteiger partial charge in [0.15, 0.2) is 0 Å². The maximum Gasteiger partial charge on any atom is 0.142 e. The maximum absolute atomic E-state index is 5.82. The molecule has 2 aromatic rings. The molecule has 0 aliphatic rings. The fourth-order valence-electron chi connectivity index (χ4n) is 1.95. The van der Waals surface area contributed by atoms with Crippen LogP contribution in [0.5, 0.6) is 0 Å². The molecule has 0 radical (unpaired) electrons. The molecule has 0 N–H and O–H groups in total. The third-order valence-corrected chi connectivity index (χ3v) is 5.26. The Balaban J connectivity index is 2.06. The molecule has 0 saturated heterocycles. The summed E-state index contributed by atoms with van der Waals surface area (Å²) in [6.07, 6.45) is 1.83. The summed E-state index contributed by atoms with van der Waals surface area (Å²) in [5.41, 5.74) is 2.18. The van der Waals surface area contributed by atoms with Crippen molar-refractivity contribution >= 4 is 35.0 Å². The third kappa shape index (κ3) is 3.90. The van der Waals surface area contributed by atoms with E-state index in [1.165, 1.54) is 11.7 Å². The number of fused-ring (bicyclic) bond motifs is 1. The van der Waals surface area contributed by atoms with Crippen LogP contribution in [0.3, 0.4) is 0 Å². The minimum absolute atomic E-state index is 0.592. The monoisotopic (exact) mass is 340 g/mol. The van der Waals surface area contributed by atoms with Gasteiger partial charge in [-0.05, 0) is 41.0 Å². The van der Waals surface area contributed by atoms with Crippen molar-refractivity contribution in [3.63, 3.8) is 0 Å². The van der Waals surface area contributed by atoms with Crippen LogP contribution in [0.15, 0.2) is 22.8 Å². The Morgan fingerprint density at radius 2 is 2.05 bits per heavy atom. The van der Waals surface area contributed by atoms with Gasteiger partial charge in [-0.2, -0.15) is 0 Å². The lowest BCUT2D eigenvalue weighted by Crippen LogP contribution is -2.22. The number of pyridine rings is 1. The average Bonchev–Trinajstić information content (AvgIpc) is 2.58. The van der Waals surface area contributed by atoms with Gasteiger partial charge in [0.05, 0.1) is 0 Å². The summed E-state index contributed by atoms with van der Waals surface area (Å²) in [6, 6.07) is 5.44. The molecule has 0 spiro atoms. The summed E-state index contributed by atoms with van der Waals surface area (Å²) in [4.78, 5) is 4.47. The van der Waals surface area contributed by atoms with E-state index in [2.05, 4.69) is 64.2 Å². The molecule has 19 heavy (non-hydrogen) atoms. The smallest absolute Gasteiger partial charge is 0.142 e. The van der Waals surface area contributed by atoms with Crippen molar-refractivity contribution in [2.24, 2.45) is 0 Å². The molecule has 0 bridgehead atoms. The zero-order valence-corrected chi connectivity index (χ0v) is 14.6. The molecule has 0 amide bonds. The van der Waals surface area contributed by atoms with Crippen molar-refractivity contribution in [1.82, 2.24) is 9.55 Å². The molecule has 2 heterocycles. The Kier molecular flexibility index (Phi) is 4.48. The number of aryl methyl sites for hydroxylation is 1. The van der Waals surface area contributed by atoms with Crippen molar-refractivity contribution in [3.8, 4) is 0 Å². The summed E-state index contributed by atoms with van der Waals surface area (Å²) in [6.45, 7) is 10.6. The van der Waals surface area contributed by atoms with Crippen LogP contribution in [0.1, 0.15) is 5.69 Å². The van der Waals surface area contributed by atoms with E-state index in [1.54, 1.807) is 0 Å². The minimum atomic E-state index is -1.01. The van der Waals surface area contributed by atoms with Gasteiger partial charge in [0.1, 0.15) is 12.4 Å². The quantitative estimate of drug-likeness (QED) is 0.595. The van der Waals surface area contributed by atoms with Crippen LogP contribution in [0.4, 0.5) is 0 Å². The van der Waals surface area contributed by atoms with Gasteiger partial charge in [0.25, 0.3) is 0 Å². The van der Waals surface area contributed by atoms with Crippen LogP contribution in [0, 0.1) is 6.92 Å². The molecular formula is C14H21BrN2OSi. The summed E-state index contributed by atoms with van der Waals surface area (Å²) < 4.78 is 8.96. The van der Waals surface area contributed by atoms with Gasteiger partial charge < -0.3 is 9.30 Å². The van der Waals surface area contributed by atoms with Crippen LogP contribution in [0.2, 0.25) is 25.7 Å². The summed E-state index contributed by atoms with van der Waals surface area (Å²) in [5, 5.41) is 1.15. The molecule has 0 aliphatic heterocycles. The number of hydrogen-bond donors (Lipinski definition) is 0. The molecule has 0 aliphatic carbocycles. The van der Waals surface area contributed by atoms with Gasteiger partial charge in [-0.25, -0.2) is 4.98 Å². The number of aromatic nitrogens is 2. The lowest BCUT2D eigenvalue weighted by molar-refractivity contribution is 0.0886. The van der Waals surface area contributed by atoms with Crippen LogP contribution in [-0.2, 0) is 11.5 Å². The molecule has 0 unspecified atom stereocenters. The Morgan fingerprint density at radius 3 is 2.74 bits per heavy atom. The number of rotatable bonds is 5. The second-order valence-electron chi connectivity index (χ2n) is 6.13. The van der Waals surface area contributed by atoms with Crippen molar-refractivity contribution < 1.29 is 4.74 Å². The first-order valence-electron chi connectivity index (χ1n) is 6.56. The van der Waals surface area contributed by atoms with Gasteiger partial charge in [-0.15, -0.1) is 0 Å². The van der Waals surface area contributed by atoms with E-state index in [4.69, 9.17) is 4.74 Å². The lowest BCUT2D eigenvalue weighted by Gasteiger charge is -2.16. The Labute approximate surface area is 124 Å². The highest BCUT2D eigenvalue weighted by Crippen LogP contribution is 2.21. The highest BCUT2D eigenvalue weighted by Gasteiger charge is 2.13. The summed E-state index contributed by atoms with van der Waals surface area (Å²) in [5.74, 6) is 0. The van der Waals surface area contributed by atoms with Gasteiger partial charge in [0.2, 0.25) is 0 Å². The fraction of sp³-hybridized carbons (Fsp3) is 0.500. The molecule has 0 fully saturated rings. The van der Waals surface area contributed by atoms with E-state index in [1.807, 2.05) is 6.20 Å². The van der Waals surface area contributed by atoms with Crippen LogP contribution < -0.4 is 0 Å². The number of hydrogen-bond acceptors (Lipinski definition) is 2. The van der Waals surface area contributed by atoms with Crippen molar-refractivity contribution in [3.05, 3.63) is 28.5 Å². The van der Waals surface area contributed by atoms with Gasteiger partial charge in [0, 0.05) is 36.4 Å². The van der Waals surface area contributed by atoms with E-state index >= 15 is 0 Å². The zero-order valence-electron chi connectivity index (χ0n) is 12.0. The number of halogens is 1. The van der Waals surface area contributed by atoms with Crippen molar-refractivity contribution in [2.45, 2.75) is 39.3 Å². The third-order valence-electron chi connectivity index (χ3n) is 3.12. The first-order chi connectivity index (χ1) is 8.87. The molecule has 3 nitrogen and oxygen atoms in total. The molecule has 104 valence electrons. The zero-order chi connectivity index (χ0) is 14.0. The van der Waals surface area contributed by atoms with E-state index in [-0.39, 0.29) is 0 Å². The molecule has 0 saturated carbocycles. The first kappa shape index (κ1) is 14.7. The van der Waals surface area contributed by atoms with Crippen LogP contribution >= 0.6 is 15.9 Å². The van der Waals surface area contributed by atoms with Crippen LogP contribution in [-0.4, -0.2) is 24.2 Å². The first-order valence-corrected chi connectivity index (χ1v) is 11.1. The standard InChI is InChI=1S/C14H21BrN2OSi/c1-11-7-12-8-13(15)9-16-14(12)17(11)10-18-5-6-19(2,3)4/h7-9H,5-6,10H2,1-4H3. The molecule has 0 aromatic carbocycles. The van der Waals surface area contributed by atoms with E-state index in [9.17, 15) is 0 Å². The number of nitrogens with zero attached hydrogens (tertiary/aromatic N) is 2. The molecule has 2 aromatic heterocycles. The summed E-state index contributed by atoms with van der Waals surface area (Å²) >= 11 is 3.45. The molecule has 0 atom stereocenters. The summed E-state index contributed by atoms with van der Waals surface area (Å²) in [7, 11) is -1.01. The Bertz CT molecular complexity index is 575. The van der Waals surface area contributed by atoms with Crippen molar-refractivity contribution in [1.29, 1.82) is 0 Å². The Morgan fingerprint density at radius 1 is 1.32 bits per heavy atom. The SMILES string of the molecule is Cc1cc2cc(Br)cnc2n1COCC[Si](C)(C)C. The molecule has 2 rings (SSSR count). The highest BCUT2D eigenvalue weighted by molar-refractivity contribution is 9.10. The largest absolute Gasteiger partial charge is 0.361 e. The molecular weight excluding hydrogens is 320 g/mol. The second-order valence-corrected chi connectivity index (χ2v) is 12.7. The van der Waals surface area contributed by atoms with E-state index < -0.39 is 8.07 Å².